The molecule has 142 valence electrons. The van der Waals surface area contributed by atoms with Crippen LogP contribution in [-0.4, -0.2) is 30.9 Å². The smallest absolute Gasteiger partial charge is 0.253 e. The molecule has 1 aromatic carbocycles. The van der Waals surface area contributed by atoms with Crippen LogP contribution in [0.5, 0.6) is 5.75 Å². The Morgan fingerprint density at radius 2 is 1.89 bits per heavy atom. The number of fused-ring (bicyclic) bond motifs is 1. The van der Waals surface area contributed by atoms with E-state index in [9.17, 15) is 8.42 Å². The lowest BCUT2D eigenvalue weighted by Gasteiger charge is -2.36. The quantitative estimate of drug-likeness (QED) is 0.650. The summed E-state index contributed by atoms with van der Waals surface area (Å²) in [7, 11) is -1.95. The number of benzene rings is 1. The van der Waals surface area contributed by atoms with Crippen molar-refractivity contribution in [3.63, 3.8) is 0 Å². The molecule has 4 rings (SSSR count). The van der Waals surface area contributed by atoms with Crippen LogP contribution in [0, 0.1) is 0 Å². The van der Waals surface area contributed by atoms with Crippen molar-refractivity contribution < 1.29 is 13.2 Å². The summed E-state index contributed by atoms with van der Waals surface area (Å²) in [6.07, 6.45) is 2.85. The van der Waals surface area contributed by atoms with Crippen LogP contribution in [0.25, 0.3) is 0 Å². The van der Waals surface area contributed by atoms with Crippen molar-refractivity contribution in [2.45, 2.75) is 30.1 Å². The number of methoxy groups -OCH3 is 1. The minimum absolute atomic E-state index is 0.350. The molecule has 1 aliphatic heterocycles. The highest BCUT2D eigenvalue weighted by Crippen LogP contribution is 2.38. The van der Waals surface area contributed by atoms with Gasteiger partial charge in [0.15, 0.2) is 0 Å². The standard InChI is InChI=1S/C20H22N2O3S2/c1-3-17-10-11-19(26-17)27(23,24)22-14-13-21-12-4-5-18(21)20(22)15-6-8-16(25-2)9-7-15/h4-12,20H,3,13-14H2,1-2H3. The third kappa shape index (κ3) is 3.20. The van der Waals surface area contributed by atoms with Gasteiger partial charge in [-0.15, -0.1) is 11.3 Å². The first-order valence-corrected chi connectivity index (χ1v) is 11.2. The Hall–Kier alpha value is -2.09. The van der Waals surface area contributed by atoms with Gasteiger partial charge in [0.2, 0.25) is 0 Å². The highest BCUT2D eigenvalue weighted by molar-refractivity contribution is 7.91. The van der Waals surface area contributed by atoms with Gasteiger partial charge in [-0.2, -0.15) is 4.31 Å². The van der Waals surface area contributed by atoms with Crippen molar-refractivity contribution in [2.75, 3.05) is 13.7 Å². The van der Waals surface area contributed by atoms with E-state index in [1.165, 1.54) is 11.3 Å². The molecule has 1 atom stereocenters. The van der Waals surface area contributed by atoms with Crippen molar-refractivity contribution in [1.82, 2.24) is 8.87 Å². The lowest BCUT2D eigenvalue weighted by Crippen LogP contribution is -2.42. The van der Waals surface area contributed by atoms with Crippen molar-refractivity contribution in [3.05, 3.63) is 70.9 Å². The molecule has 2 aromatic heterocycles. The summed E-state index contributed by atoms with van der Waals surface area (Å²) in [5.74, 6) is 0.755. The number of rotatable bonds is 5. The van der Waals surface area contributed by atoms with Gasteiger partial charge in [0, 0.05) is 29.9 Å². The zero-order valence-corrected chi connectivity index (χ0v) is 17.0. The van der Waals surface area contributed by atoms with Crippen LogP contribution in [0.15, 0.2) is 58.9 Å². The van der Waals surface area contributed by atoms with E-state index in [1.807, 2.05) is 55.6 Å². The minimum atomic E-state index is -3.58. The Balaban J connectivity index is 1.80. The first-order valence-electron chi connectivity index (χ1n) is 8.94. The maximum atomic E-state index is 13.5. The van der Waals surface area contributed by atoms with E-state index in [0.717, 1.165) is 28.3 Å². The third-order valence-electron chi connectivity index (χ3n) is 4.97. The number of hydrogen-bond donors (Lipinski definition) is 0. The maximum absolute atomic E-state index is 13.5. The fraction of sp³-hybridized carbons (Fsp3) is 0.300. The minimum Gasteiger partial charge on any atom is -0.497 e. The monoisotopic (exact) mass is 402 g/mol. The zero-order valence-electron chi connectivity index (χ0n) is 15.3. The molecular weight excluding hydrogens is 380 g/mol. The molecule has 1 aliphatic rings. The number of aromatic nitrogens is 1. The summed E-state index contributed by atoms with van der Waals surface area (Å²) in [5.41, 5.74) is 1.92. The molecule has 27 heavy (non-hydrogen) atoms. The highest BCUT2D eigenvalue weighted by Gasteiger charge is 2.38. The van der Waals surface area contributed by atoms with Crippen LogP contribution >= 0.6 is 11.3 Å². The first kappa shape index (κ1) is 18.3. The van der Waals surface area contributed by atoms with Gasteiger partial charge in [-0.1, -0.05) is 19.1 Å². The fourth-order valence-electron chi connectivity index (χ4n) is 3.55. The van der Waals surface area contributed by atoms with Gasteiger partial charge in [-0.3, -0.25) is 0 Å². The Bertz CT molecular complexity index is 1040. The highest BCUT2D eigenvalue weighted by atomic mass is 32.2. The molecule has 0 radical (unpaired) electrons. The number of ether oxygens (including phenoxy) is 1. The largest absolute Gasteiger partial charge is 0.497 e. The summed E-state index contributed by atoms with van der Waals surface area (Å²) in [6.45, 7) is 3.14. The van der Waals surface area contributed by atoms with Crippen LogP contribution in [0.1, 0.15) is 29.1 Å². The molecule has 0 N–H and O–H groups in total. The molecule has 3 aromatic rings. The summed E-state index contributed by atoms with van der Waals surface area (Å²) in [5, 5.41) is 0. The Morgan fingerprint density at radius 1 is 1.11 bits per heavy atom. The van der Waals surface area contributed by atoms with Crippen molar-refractivity contribution in [1.29, 1.82) is 0 Å². The molecule has 0 bridgehead atoms. The van der Waals surface area contributed by atoms with Gasteiger partial charge in [0.05, 0.1) is 13.2 Å². The van der Waals surface area contributed by atoms with Crippen LogP contribution in [0.2, 0.25) is 0 Å². The predicted octanol–water partition coefficient (Wildman–Crippen LogP) is 3.91. The van der Waals surface area contributed by atoms with E-state index in [2.05, 4.69) is 4.57 Å². The fourth-order valence-corrected chi connectivity index (χ4v) is 6.55. The van der Waals surface area contributed by atoms with Crippen LogP contribution in [-0.2, 0) is 23.0 Å². The average Bonchev–Trinajstić information content (AvgIpc) is 3.36. The molecule has 1 unspecified atom stereocenters. The Kier molecular flexibility index (Phi) is 4.84. The van der Waals surface area contributed by atoms with Crippen LogP contribution in [0.3, 0.4) is 0 Å². The molecule has 5 nitrogen and oxygen atoms in total. The number of sulfonamides is 1. The molecular formula is C20H22N2O3S2. The molecule has 0 spiro atoms. The van der Waals surface area contributed by atoms with E-state index >= 15 is 0 Å². The lowest BCUT2D eigenvalue weighted by molar-refractivity contribution is 0.299. The third-order valence-corrected chi connectivity index (χ3v) is 8.54. The maximum Gasteiger partial charge on any atom is 0.253 e. The summed E-state index contributed by atoms with van der Waals surface area (Å²) in [6, 6.07) is 14.9. The topological polar surface area (TPSA) is 51.5 Å². The Morgan fingerprint density at radius 3 is 2.56 bits per heavy atom. The van der Waals surface area contributed by atoms with E-state index in [1.54, 1.807) is 17.5 Å². The number of nitrogens with zero attached hydrogens (tertiary/aromatic N) is 2. The van der Waals surface area contributed by atoms with Crippen molar-refractivity contribution in [2.24, 2.45) is 0 Å². The van der Waals surface area contributed by atoms with Gasteiger partial charge in [-0.25, -0.2) is 8.42 Å². The molecule has 0 aliphatic carbocycles. The molecule has 0 saturated heterocycles. The van der Waals surface area contributed by atoms with Gasteiger partial charge in [-0.05, 0) is 48.4 Å². The van der Waals surface area contributed by atoms with Gasteiger partial charge in [0.1, 0.15) is 9.96 Å². The molecule has 0 fully saturated rings. The first-order chi connectivity index (χ1) is 13.0. The Labute approximate surface area is 163 Å². The van der Waals surface area contributed by atoms with Crippen molar-refractivity contribution in [3.8, 4) is 5.75 Å². The second kappa shape index (κ2) is 7.14. The number of thiophene rings is 1. The van der Waals surface area contributed by atoms with Gasteiger partial charge in [0.25, 0.3) is 10.0 Å². The predicted molar refractivity (Wildman–Crippen MR) is 107 cm³/mol. The summed E-state index contributed by atoms with van der Waals surface area (Å²) < 4.78 is 36.3. The zero-order chi connectivity index (χ0) is 19.0. The molecule has 0 saturated carbocycles. The molecule has 3 heterocycles. The van der Waals surface area contributed by atoms with Crippen LogP contribution in [0.4, 0.5) is 0 Å². The van der Waals surface area contributed by atoms with Crippen LogP contribution < -0.4 is 4.74 Å². The van der Waals surface area contributed by atoms with E-state index < -0.39 is 10.0 Å². The second-order valence-electron chi connectivity index (χ2n) is 6.49. The normalized spacial score (nSPS) is 17.6. The lowest BCUT2D eigenvalue weighted by atomic mass is 10.0. The van der Waals surface area contributed by atoms with E-state index in [-0.39, 0.29) is 6.04 Å². The van der Waals surface area contributed by atoms with E-state index in [4.69, 9.17) is 4.74 Å². The van der Waals surface area contributed by atoms with E-state index in [0.29, 0.717) is 17.3 Å². The second-order valence-corrected chi connectivity index (χ2v) is 9.78. The molecule has 0 amide bonds. The van der Waals surface area contributed by atoms with Crippen molar-refractivity contribution >= 4 is 21.4 Å². The number of hydrogen-bond acceptors (Lipinski definition) is 4. The average molecular weight is 403 g/mol. The SMILES string of the molecule is CCc1ccc(S(=O)(=O)N2CCn3cccc3C2c2ccc(OC)cc2)s1. The summed E-state index contributed by atoms with van der Waals surface area (Å²) >= 11 is 1.36. The van der Waals surface area contributed by atoms with Gasteiger partial charge < -0.3 is 9.30 Å². The molecule has 7 heteroatoms. The van der Waals surface area contributed by atoms with Gasteiger partial charge >= 0.3 is 0 Å². The number of aryl methyl sites for hydroxylation is 1. The summed E-state index contributed by atoms with van der Waals surface area (Å²) in [4.78, 5) is 1.08.